The first kappa shape index (κ1) is 22.1. The molecule has 0 bridgehead atoms. The summed E-state index contributed by atoms with van der Waals surface area (Å²) in [5.41, 5.74) is 1.27. The second-order valence-electron chi connectivity index (χ2n) is 5.29. The third-order valence-electron chi connectivity index (χ3n) is 3.61. The molecule has 3 aromatic carbocycles. The van der Waals surface area contributed by atoms with Crippen LogP contribution in [0.4, 0.5) is 0 Å². The minimum Gasteiger partial charge on any atom is -1.00 e. The molecule has 1 atom stereocenters. The van der Waals surface area contributed by atoms with Gasteiger partial charge in [0.05, 0.1) is 0 Å². The Morgan fingerprint density at radius 1 is 0.870 bits per heavy atom. The molecule has 0 amide bonds. The smallest absolute Gasteiger partial charge is 1.00 e. The Balaban J connectivity index is 0.000000426. The molecule has 116 valence electrons. The number of hydrogen-bond acceptors (Lipinski definition) is 0. The van der Waals surface area contributed by atoms with Gasteiger partial charge in [0.15, 0.2) is 0 Å². The zero-order chi connectivity index (χ0) is 13.9. The van der Waals surface area contributed by atoms with Gasteiger partial charge in [-0.3, -0.25) is 6.08 Å². The van der Waals surface area contributed by atoms with Crippen molar-refractivity contribution in [3.05, 3.63) is 78.4 Å². The largest absolute Gasteiger partial charge is 4.00 e. The van der Waals surface area contributed by atoms with E-state index >= 15 is 0 Å². The number of rotatable bonds is 0. The van der Waals surface area contributed by atoms with Crippen molar-refractivity contribution < 1.29 is 46.5 Å². The normalized spacial score (nSPS) is 14.9. The van der Waals surface area contributed by atoms with Crippen LogP contribution in [0.2, 0.25) is 0 Å². The molecule has 0 spiro atoms. The molecule has 0 aliphatic heterocycles. The number of hydrogen-bond donors (Lipinski definition) is 0. The average molecular weight is 377 g/mol. The first-order chi connectivity index (χ1) is 9.74. The van der Waals surface area contributed by atoms with Crippen molar-refractivity contribution in [2.75, 3.05) is 0 Å². The molecule has 0 fully saturated rings. The van der Waals surface area contributed by atoms with E-state index in [-0.39, 0.29) is 46.5 Å². The molecule has 1 unspecified atom stereocenters. The molecular formula is C20H18Cl2Ti. The molecule has 3 aromatic rings. The molecule has 0 saturated heterocycles. The fraction of sp³-hybridized carbons (Fsp3) is 0.150. The molecule has 1 aliphatic rings. The zero-order valence-corrected chi connectivity index (χ0v) is 16.3. The van der Waals surface area contributed by atoms with Crippen molar-refractivity contribution in [2.24, 2.45) is 5.92 Å². The molecule has 0 nitrogen and oxygen atoms in total. The minimum absolute atomic E-state index is 0. The van der Waals surface area contributed by atoms with Crippen LogP contribution in [-0.2, 0) is 21.7 Å². The summed E-state index contributed by atoms with van der Waals surface area (Å²) in [6.45, 7) is 4.20. The fourth-order valence-corrected chi connectivity index (χ4v) is 2.65. The molecular weight excluding hydrogens is 359 g/mol. The van der Waals surface area contributed by atoms with Gasteiger partial charge >= 0.3 is 21.7 Å². The van der Waals surface area contributed by atoms with E-state index in [4.69, 9.17) is 0 Å². The standard InChI is InChI=1S/C13H9.C7H9.2ClH.Ti/c1-3-7-12-10(5-1)9-11-6-2-4-8-13(11)12;1-6-3-4-7(2)5-6;;;/h1-9H;3-4,6H,1-2H3;2*1H;/q2*-1;;;+4/p-2. The maximum atomic E-state index is 3.22. The molecule has 0 saturated carbocycles. The Kier molecular flexibility index (Phi) is 9.65. The second kappa shape index (κ2) is 10.1. The molecule has 1 aliphatic carbocycles. The predicted molar refractivity (Wildman–Crippen MR) is 87.8 cm³/mol. The van der Waals surface area contributed by atoms with Crippen molar-refractivity contribution in [2.45, 2.75) is 13.8 Å². The van der Waals surface area contributed by atoms with Gasteiger partial charge in [-0.1, -0.05) is 56.2 Å². The first-order valence-electron chi connectivity index (χ1n) is 7.05. The zero-order valence-electron chi connectivity index (χ0n) is 13.2. The Labute approximate surface area is 165 Å². The third kappa shape index (κ3) is 5.29. The Morgan fingerprint density at radius 3 is 1.70 bits per heavy atom. The summed E-state index contributed by atoms with van der Waals surface area (Å²) in [5, 5.41) is 5.39. The van der Waals surface area contributed by atoms with Gasteiger partial charge in [-0.05, 0) is 0 Å². The molecule has 0 radical (unpaired) electrons. The second-order valence-corrected chi connectivity index (χ2v) is 5.29. The fourth-order valence-electron chi connectivity index (χ4n) is 2.65. The van der Waals surface area contributed by atoms with Gasteiger partial charge in [0.25, 0.3) is 0 Å². The molecule has 0 N–H and O–H groups in total. The number of halogens is 2. The first-order valence-corrected chi connectivity index (χ1v) is 7.05. The predicted octanol–water partition coefficient (Wildman–Crippen LogP) is -0.341. The van der Waals surface area contributed by atoms with E-state index in [1.54, 1.807) is 0 Å². The van der Waals surface area contributed by atoms with Gasteiger partial charge in [-0.15, -0.1) is 39.7 Å². The third-order valence-corrected chi connectivity index (χ3v) is 3.61. The monoisotopic (exact) mass is 376 g/mol. The Hall–Kier alpha value is -0.916. The maximum absolute atomic E-state index is 3.22. The van der Waals surface area contributed by atoms with Crippen LogP contribution < -0.4 is 24.8 Å². The van der Waals surface area contributed by atoms with E-state index in [2.05, 4.69) is 86.7 Å². The van der Waals surface area contributed by atoms with E-state index in [0.29, 0.717) is 5.92 Å². The summed E-state index contributed by atoms with van der Waals surface area (Å²) in [6.07, 6.45) is 7.47. The van der Waals surface area contributed by atoms with Gasteiger partial charge in [-0.25, -0.2) is 11.6 Å². The number of allylic oxidation sites excluding steroid dienone is 4. The van der Waals surface area contributed by atoms with Crippen LogP contribution in [-0.4, -0.2) is 0 Å². The SMILES string of the molecule is CC1=[C-]C(C)C=C1.[Cl-].[Cl-].[Ti+4].c1ccc2c(c1)[cH-]c1ccccc12. The summed E-state index contributed by atoms with van der Waals surface area (Å²) in [7, 11) is 0. The quantitative estimate of drug-likeness (QED) is 0.372. The summed E-state index contributed by atoms with van der Waals surface area (Å²) < 4.78 is 0. The van der Waals surface area contributed by atoms with Crippen molar-refractivity contribution >= 4 is 21.5 Å². The van der Waals surface area contributed by atoms with Gasteiger partial charge in [0.1, 0.15) is 0 Å². The summed E-state index contributed by atoms with van der Waals surface area (Å²) in [4.78, 5) is 0. The van der Waals surface area contributed by atoms with E-state index < -0.39 is 0 Å². The van der Waals surface area contributed by atoms with Gasteiger partial charge in [-0.2, -0.15) is 6.08 Å². The molecule has 23 heavy (non-hydrogen) atoms. The Bertz CT molecular complexity index is 749. The van der Waals surface area contributed by atoms with Crippen LogP contribution in [0, 0.1) is 12.0 Å². The molecule has 3 heteroatoms. The van der Waals surface area contributed by atoms with Crippen molar-refractivity contribution in [1.29, 1.82) is 0 Å². The average Bonchev–Trinajstić information content (AvgIpc) is 3.02. The minimum atomic E-state index is 0. The van der Waals surface area contributed by atoms with Gasteiger partial charge in [0, 0.05) is 0 Å². The maximum Gasteiger partial charge on any atom is 4.00 e. The van der Waals surface area contributed by atoms with Gasteiger partial charge < -0.3 is 24.8 Å². The van der Waals surface area contributed by atoms with Gasteiger partial charge in [0.2, 0.25) is 0 Å². The van der Waals surface area contributed by atoms with Crippen LogP contribution in [0.25, 0.3) is 21.5 Å². The van der Waals surface area contributed by atoms with Crippen molar-refractivity contribution in [3.8, 4) is 0 Å². The number of benzene rings is 2. The summed E-state index contributed by atoms with van der Waals surface area (Å²) in [5.74, 6) is 0.556. The molecule has 0 aromatic heterocycles. The van der Waals surface area contributed by atoms with Crippen molar-refractivity contribution in [1.82, 2.24) is 0 Å². The van der Waals surface area contributed by atoms with Crippen LogP contribution in [0.15, 0.2) is 72.3 Å². The van der Waals surface area contributed by atoms with E-state index in [1.807, 2.05) is 0 Å². The van der Waals surface area contributed by atoms with Crippen LogP contribution in [0.5, 0.6) is 0 Å². The van der Waals surface area contributed by atoms with E-state index in [0.717, 1.165) is 0 Å². The van der Waals surface area contributed by atoms with Crippen LogP contribution in [0.3, 0.4) is 0 Å². The van der Waals surface area contributed by atoms with Crippen molar-refractivity contribution in [3.63, 3.8) is 0 Å². The summed E-state index contributed by atoms with van der Waals surface area (Å²) >= 11 is 0. The topological polar surface area (TPSA) is 0 Å². The van der Waals surface area contributed by atoms with Crippen LogP contribution >= 0.6 is 0 Å². The van der Waals surface area contributed by atoms with E-state index in [1.165, 1.54) is 27.1 Å². The van der Waals surface area contributed by atoms with E-state index in [9.17, 15) is 0 Å². The van der Waals surface area contributed by atoms with Crippen LogP contribution in [0.1, 0.15) is 13.8 Å². The molecule has 0 heterocycles. The summed E-state index contributed by atoms with van der Waals surface area (Å²) in [6, 6.07) is 19.3. The molecule has 4 rings (SSSR count). The number of fused-ring (bicyclic) bond motifs is 3. The Morgan fingerprint density at radius 2 is 1.35 bits per heavy atom.